The quantitative estimate of drug-likeness (QED) is 0.307. The second-order valence-electron chi connectivity index (χ2n) is 2.23. The van der Waals surface area contributed by atoms with Gasteiger partial charge in [-0.25, -0.2) is 9.59 Å². The third kappa shape index (κ3) is 10.3. The summed E-state index contributed by atoms with van der Waals surface area (Å²) < 4.78 is 0. The van der Waals surface area contributed by atoms with Crippen LogP contribution in [0.1, 0.15) is 20.7 Å². The Kier molecular flexibility index (Phi) is 42.3. The van der Waals surface area contributed by atoms with Gasteiger partial charge in [-0.15, -0.1) is 0 Å². The first-order valence-electron chi connectivity index (χ1n) is 3.35. The second-order valence-corrected chi connectivity index (χ2v) is 2.23. The van der Waals surface area contributed by atoms with Gasteiger partial charge in [0.05, 0.1) is 11.1 Å². The van der Waals surface area contributed by atoms with Crippen molar-refractivity contribution in [3.8, 4) is 0 Å². The van der Waals surface area contributed by atoms with Crippen LogP contribution in [0.25, 0.3) is 0 Å². The molecule has 0 unspecified atom stereocenters. The molecule has 1 radical (unpaired) electrons. The minimum Gasteiger partial charge on any atom is -0.478 e. The number of carbonyl (C=O) groups is 2. The Morgan fingerprint density at radius 1 is 0.850 bits per heavy atom. The van der Waals surface area contributed by atoms with Gasteiger partial charge in [0.15, 0.2) is 0 Å². The predicted molar refractivity (Wildman–Crippen MR) is 63.1 cm³/mol. The van der Waals surface area contributed by atoms with Crippen LogP contribution in [0.3, 0.4) is 0 Å². The van der Waals surface area contributed by atoms with Crippen LogP contribution >= 0.6 is 0 Å². The van der Waals surface area contributed by atoms with Crippen molar-refractivity contribution in [2.75, 3.05) is 0 Å². The van der Waals surface area contributed by atoms with Gasteiger partial charge in [0.1, 0.15) is 0 Å². The minimum atomic E-state index is -1.25. The van der Waals surface area contributed by atoms with Crippen molar-refractivity contribution >= 4 is 11.9 Å². The summed E-state index contributed by atoms with van der Waals surface area (Å²) in [6, 6.07) is 5.44. The number of rotatable bonds is 2. The molecule has 11 nitrogen and oxygen atoms in total. The maximum absolute atomic E-state index is 10.8. The molecule has 0 aliphatic carbocycles. The van der Waals surface area contributed by atoms with Crippen LogP contribution in [-0.2, 0) is 22.0 Å². The van der Waals surface area contributed by atoms with E-state index in [4.69, 9.17) is 10.4 Å². The molecule has 12 heteroatoms. The van der Waals surface area contributed by atoms with Gasteiger partial charge in [-0.1, -0.05) is 12.1 Å². The van der Waals surface area contributed by atoms with Crippen molar-refractivity contribution in [1.82, 2.24) is 0 Å². The van der Waals surface area contributed by atoms with E-state index >= 15 is 0 Å². The maximum atomic E-state index is 10.8. The van der Waals surface area contributed by atoms with Crippen molar-refractivity contribution < 1.29 is 74.8 Å². The van der Waals surface area contributed by atoms with Gasteiger partial charge in [0.25, 0.3) is 0 Å². The molecule has 14 N–H and O–H groups in total. The van der Waals surface area contributed by atoms with E-state index in [1.807, 2.05) is 0 Å². The predicted octanol–water partition coefficient (Wildman–Crippen LogP) is -3.94. The second kappa shape index (κ2) is 19.7. The summed E-state index contributed by atoms with van der Waals surface area (Å²) in [6.07, 6.45) is 0. The van der Waals surface area contributed by atoms with Crippen LogP contribution in [0.4, 0.5) is 0 Å². The zero-order valence-electron chi connectivity index (χ0n) is 9.81. The van der Waals surface area contributed by atoms with Crippen molar-refractivity contribution in [1.29, 1.82) is 0 Å². The molecule has 0 aliphatic rings. The molecule has 1 aromatic rings. The van der Waals surface area contributed by atoms with Crippen LogP contribution in [0.15, 0.2) is 24.3 Å². The SMILES string of the molecule is O.O.O.O.O.O.O=C(O)c1ccccc1C(=O)OO.[Mn]. The molecule has 0 amide bonds. The molecule has 0 fully saturated rings. The van der Waals surface area contributed by atoms with Gasteiger partial charge in [-0.05, 0) is 12.1 Å². The van der Waals surface area contributed by atoms with Gasteiger partial charge in [0.2, 0.25) is 0 Å². The number of hydrogen-bond acceptors (Lipinski definition) is 4. The third-order valence-corrected chi connectivity index (χ3v) is 1.46. The summed E-state index contributed by atoms with van der Waals surface area (Å²) in [7, 11) is 0. The molecule has 0 spiro atoms. The smallest absolute Gasteiger partial charge is 0.373 e. The zero-order valence-corrected chi connectivity index (χ0v) is 11.0. The largest absolute Gasteiger partial charge is 0.478 e. The van der Waals surface area contributed by atoms with E-state index in [1.165, 1.54) is 24.3 Å². The van der Waals surface area contributed by atoms with Crippen molar-refractivity contribution in [2.45, 2.75) is 0 Å². The number of benzene rings is 1. The zero-order chi connectivity index (χ0) is 9.84. The summed E-state index contributed by atoms with van der Waals surface area (Å²) in [4.78, 5) is 24.8. The Bertz CT molecular complexity index is 356. The number of carbonyl (C=O) groups excluding carboxylic acids is 1. The number of aromatic carboxylic acids is 1. The monoisotopic (exact) mass is 345 g/mol. The molecule has 0 heterocycles. The first-order chi connectivity index (χ1) is 6.16. The Hall–Kier alpha value is -1.60. The van der Waals surface area contributed by atoms with E-state index in [0.717, 1.165) is 0 Å². The normalized spacial score (nSPS) is 6.05. The topological polar surface area (TPSA) is 273 Å². The molecule has 0 aliphatic heterocycles. The van der Waals surface area contributed by atoms with Crippen LogP contribution in [0, 0.1) is 0 Å². The van der Waals surface area contributed by atoms with E-state index < -0.39 is 11.9 Å². The van der Waals surface area contributed by atoms with Gasteiger partial charge in [-0.3, -0.25) is 4.89 Å². The van der Waals surface area contributed by atoms with Crippen LogP contribution in [0.2, 0.25) is 0 Å². The van der Waals surface area contributed by atoms with E-state index in [0.29, 0.717) is 0 Å². The molecule has 123 valence electrons. The van der Waals surface area contributed by atoms with Crippen LogP contribution in [0.5, 0.6) is 0 Å². The van der Waals surface area contributed by atoms with Gasteiger partial charge < -0.3 is 38.0 Å². The number of carboxylic acid groups (broad SMARTS) is 1. The fourth-order valence-electron chi connectivity index (χ4n) is 0.897. The Morgan fingerprint density at radius 3 is 1.50 bits per heavy atom. The van der Waals surface area contributed by atoms with Crippen LogP contribution in [-0.4, -0.2) is 55.2 Å². The fourth-order valence-corrected chi connectivity index (χ4v) is 0.897. The van der Waals surface area contributed by atoms with Crippen molar-refractivity contribution in [2.24, 2.45) is 0 Å². The van der Waals surface area contributed by atoms with Crippen LogP contribution < -0.4 is 0 Å². The summed E-state index contributed by atoms with van der Waals surface area (Å²) in [6.45, 7) is 0. The molecule has 1 rings (SSSR count). The van der Waals surface area contributed by atoms with Crippen molar-refractivity contribution in [3.05, 3.63) is 35.4 Å². The Labute approximate surface area is 123 Å². The van der Waals surface area contributed by atoms with E-state index in [2.05, 4.69) is 4.89 Å². The van der Waals surface area contributed by atoms with Gasteiger partial charge in [0, 0.05) is 17.1 Å². The average molecular weight is 345 g/mol. The third-order valence-electron chi connectivity index (χ3n) is 1.46. The molecule has 0 saturated heterocycles. The first kappa shape index (κ1) is 42.9. The first-order valence-corrected chi connectivity index (χ1v) is 3.35. The molecule has 0 aromatic heterocycles. The van der Waals surface area contributed by atoms with Gasteiger partial charge >= 0.3 is 11.9 Å². The average Bonchev–Trinajstić information content (AvgIpc) is 2.16. The molecule has 0 saturated carbocycles. The molecular formula is C8H18MnO11. The van der Waals surface area contributed by atoms with Crippen molar-refractivity contribution in [3.63, 3.8) is 0 Å². The number of carboxylic acids is 1. The van der Waals surface area contributed by atoms with Gasteiger partial charge in [-0.2, -0.15) is 5.26 Å². The van der Waals surface area contributed by atoms with E-state index in [-0.39, 0.29) is 61.1 Å². The molecule has 0 bridgehead atoms. The summed E-state index contributed by atoms with van der Waals surface area (Å²) in [5, 5.41) is 16.7. The molecule has 20 heavy (non-hydrogen) atoms. The maximum Gasteiger partial charge on any atom is 0.373 e. The Morgan fingerprint density at radius 2 is 1.20 bits per heavy atom. The fraction of sp³-hybridized carbons (Fsp3) is 0. The summed E-state index contributed by atoms with van der Waals surface area (Å²) in [5.41, 5.74) is -0.390. The number of hydrogen-bond donors (Lipinski definition) is 2. The Balaban J connectivity index is -0.0000000483. The minimum absolute atomic E-state index is 0. The van der Waals surface area contributed by atoms with E-state index in [9.17, 15) is 9.59 Å². The molecule has 1 aromatic carbocycles. The summed E-state index contributed by atoms with van der Waals surface area (Å²) >= 11 is 0. The molecule has 0 atom stereocenters. The summed E-state index contributed by atoms with van der Waals surface area (Å²) in [5.74, 6) is -2.33. The van der Waals surface area contributed by atoms with E-state index in [1.54, 1.807) is 0 Å². The standard InChI is InChI=1S/C8H6O5.Mn.6H2O/c9-7(10)5-3-1-2-4-6(5)8(11)13-12;;;;;;;/h1-4,12H,(H,9,10);;6*1H2. The molecular weight excluding hydrogens is 327 g/mol.